The highest BCUT2D eigenvalue weighted by molar-refractivity contribution is 7.89. The van der Waals surface area contributed by atoms with Crippen molar-refractivity contribution in [2.45, 2.75) is 102 Å². The van der Waals surface area contributed by atoms with Crippen molar-refractivity contribution in [3.8, 4) is 0 Å². The Morgan fingerprint density at radius 1 is 1.11 bits per heavy atom. The van der Waals surface area contributed by atoms with Crippen LogP contribution in [0.1, 0.15) is 72.3 Å². The van der Waals surface area contributed by atoms with Gasteiger partial charge >= 0.3 is 6.09 Å². The van der Waals surface area contributed by atoms with E-state index in [1.807, 2.05) is 26.8 Å². The summed E-state index contributed by atoms with van der Waals surface area (Å²) in [5.41, 5.74) is 0.263. The quantitative estimate of drug-likeness (QED) is 0.572. The molecule has 1 N–H and O–H groups in total. The van der Waals surface area contributed by atoms with Gasteiger partial charge in [0.1, 0.15) is 11.6 Å². The van der Waals surface area contributed by atoms with Crippen molar-refractivity contribution in [1.29, 1.82) is 0 Å². The van der Waals surface area contributed by atoms with E-state index in [1.54, 1.807) is 48.2 Å². The number of piperidine rings is 1. The van der Waals surface area contributed by atoms with Crippen LogP contribution in [0.5, 0.6) is 0 Å². The van der Waals surface area contributed by atoms with Crippen LogP contribution in [0, 0.1) is 12.8 Å². The Balaban J connectivity index is 1.68. The van der Waals surface area contributed by atoms with E-state index in [0.29, 0.717) is 37.2 Å². The third-order valence-corrected chi connectivity index (χ3v) is 8.30. The molecule has 1 aromatic rings. The largest absolute Gasteiger partial charge is 0.444 e. The molecule has 2 aliphatic rings. The number of benzene rings is 1. The van der Waals surface area contributed by atoms with E-state index in [9.17, 15) is 18.0 Å². The van der Waals surface area contributed by atoms with Crippen LogP contribution in [0.15, 0.2) is 29.2 Å². The summed E-state index contributed by atoms with van der Waals surface area (Å²) in [5, 5.41) is 2.76. The topological polar surface area (TPSA) is 96.0 Å². The first-order chi connectivity index (χ1) is 16.3. The standard InChI is InChI=1S/C26H41N3O5S/c1-18(2)16-23(27-25(31)34-26(4,5)6)24(30)28-14-12-21(13-15-28)29(20-10-11-20)35(32,33)22-9-7-8-19(3)17-22/h7-9,17-18,20-21,23H,10-16H2,1-6H3,(H,27,31)/t23-/m1/s1. The molecule has 3 rings (SSSR count). The number of hydrogen-bond donors (Lipinski definition) is 1. The van der Waals surface area contributed by atoms with E-state index in [1.165, 1.54) is 0 Å². The molecule has 1 atom stereocenters. The number of likely N-dealkylation sites (tertiary alicyclic amines) is 1. The van der Waals surface area contributed by atoms with Gasteiger partial charge in [-0.15, -0.1) is 0 Å². The molecule has 1 aliphatic heterocycles. The fraction of sp³-hybridized carbons (Fsp3) is 0.692. The van der Waals surface area contributed by atoms with Crippen LogP contribution in [0.4, 0.5) is 4.79 Å². The number of aryl methyl sites for hydroxylation is 1. The maximum Gasteiger partial charge on any atom is 0.408 e. The van der Waals surface area contributed by atoms with Crippen molar-refractivity contribution >= 4 is 22.0 Å². The Labute approximate surface area is 210 Å². The van der Waals surface area contributed by atoms with Gasteiger partial charge in [-0.3, -0.25) is 4.79 Å². The van der Waals surface area contributed by atoms with Crippen LogP contribution >= 0.6 is 0 Å². The Kier molecular flexibility index (Phi) is 8.52. The number of carbonyl (C=O) groups is 2. The minimum atomic E-state index is -3.61. The molecule has 0 unspecified atom stereocenters. The first-order valence-electron chi connectivity index (χ1n) is 12.7. The SMILES string of the molecule is Cc1cccc(S(=O)(=O)N(C2CC2)C2CCN(C(=O)[C@@H](CC(C)C)NC(=O)OC(C)(C)C)CC2)c1. The molecule has 35 heavy (non-hydrogen) atoms. The Morgan fingerprint density at radius 3 is 2.23 bits per heavy atom. The molecule has 2 fully saturated rings. The van der Waals surface area contributed by atoms with E-state index in [-0.39, 0.29) is 23.9 Å². The molecule has 1 aliphatic carbocycles. The Bertz CT molecular complexity index is 1010. The van der Waals surface area contributed by atoms with Gasteiger partial charge in [-0.05, 0) is 83.4 Å². The van der Waals surface area contributed by atoms with Gasteiger partial charge in [0.15, 0.2) is 0 Å². The van der Waals surface area contributed by atoms with Gasteiger partial charge in [0.2, 0.25) is 15.9 Å². The average molecular weight is 508 g/mol. The van der Waals surface area contributed by atoms with Gasteiger partial charge in [0.05, 0.1) is 4.90 Å². The normalized spacial score (nSPS) is 18.6. The average Bonchev–Trinajstić information content (AvgIpc) is 3.56. The van der Waals surface area contributed by atoms with E-state index in [2.05, 4.69) is 5.32 Å². The van der Waals surface area contributed by atoms with E-state index in [4.69, 9.17) is 4.74 Å². The molecule has 196 valence electrons. The number of rotatable bonds is 8. The highest BCUT2D eigenvalue weighted by Crippen LogP contribution is 2.37. The van der Waals surface area contributed by atoms with Gasteiger partial charge < -0.3 is 15.0 Å². The molecule has 1 aromatic carbocycles. The zero-order valence-corrected chi connectivity index (χ0v) is 22.7. The maximum atomic E-state index is 13.5. The second-order valence-electron chi connectivity index (χ2n) is 11.3. The molecular weight excluding hydrogens is 466 g/mol. The van der Waals surface area contributed by atoms with Crippen LogP contribution in [0.2, 0.25) is 0 Å². The van der Waals surface area contributed by atoms with E-state index >= 15 is 0 Å². The highest BCUT2D eigenvalue weighted by atomic mass is 32.2. The van der Waals surface area contributed by atoms with E-state index in [0.717, 1.165) is 18.4 Å². The minimum Gasteiger partial charge on any atom is -0.444 e. The van der Waals surface area contributed by atoms with Crippen molar-refractivity contribution in [2.24, 2.45) is 5.92 Å². The summed E-state index contributed by atoms with van der Waals surface area (Å²) in [6.45, 7) is 12.2. The van der Waals surface area contributed by atoms with Crippen LogP contribution in [-0.2, 0) is 19.6 Å². The number of nitrogens with zero attached hydrogens (tertiary/aromatic N) is 2. The van der Waals surface area contributed by atoms with Crippen molar-refractivity contribution < 1.29 is 22.7 Å². The molecule has 0 radical (unpaired) electrons. The van der Waals surface area contributed by atoms with Crippen LogP contribution in [-0.4, -0.2) is 66.4 Å². The number of alkyl carbamates (subject to hydrolysis) is 1. The summed E-state index contributed by atoms with van der Waals surface area (Å²) in [6, 6.07) is 6.29. The molecule has 9 heteroatoms. The molecule has 0 aromatic heterocycles. The maximum absolute atomic E-state index is 13.5. The Morgan fingerprint density at radius 2 is 1.71 bits per heavy atom. The first kappa shape index (κ1) is 27.5. The summed E-state index contributed by atoms with van der Waals surface area (Å²) >= 11 is 0. The van der Waals surface area contributed by atoms with Crippen molar-refractivity contribution in [2.75, 3.05) is 13.1 Å². The summed E-state index contributed by atoms with van der Waals surface area (Å²) in [6.07, 6.45) is 2.81. The molecule has 1 saturated carbocycles. The third kappa shape index (κ3) is 7.43. The lowest BCUT2D eigenvalue weighted by Crippen LogP contribution is -2.54. The zero-order valence-electron chi connectivity index (χ0n) is 21.9. The second-order valence-corrected chi connectivity index (χ2v) is 13.1. The zero-order chi connectivity index (χ0) is 26.0. The molecule has 1 saturated heterocycles. The number of hydrogen-bond acceptors (Lipinski definition) is 5. The number of carbonyl (C=O) groups excluding carboxylic acids is 2. The van der Waals surface area contributed by atoms with E-state index < -0.39 is 27.8 Å². The molecule has 0 spiro atoms. The molecule has 8 nitrogen and oxygen atoms in total. The van der Waals surface area contributed by atoms with Crippen molar-refractivity contribution in [3.05, 3.63) is 29.8 Å². The number of ether oxygens (including phenoxy) is 1. The van der Waals surface area contributed by atoms with Gasteiger partial charge in [-0.1, -0.05) is 26.0 Å². The fourth-order valence-electron chi connectivity index (χ4n) is 4.62. The number of sulfonamides is 1. The second kappa shape index (κ2) is 10.9. The van der Waals surface area contributed by atoms with Crippen molar-refractivity contribution in [1.82, 2.24) is 14.5 Å². The lowest BCUT2D eigenvalue weighted by atomic mass is 10.00. The smallest absolute Gasteiger partial charge is 0.408 e. The highest BCUT2D eigenvalue weighted by Gasteiger charge is 2.44. The summed E-state index contributed by atoms with van der Waals surface area (Å²) in [5.74, 6) is 0.0729. The van der Waals surface area contributed by atoms with Crippen molar-refractivity contribution in [3.63, 3.8) is 0 Å². The van der Waals surface area contributed by atoms with Gasteiger partial charge in [0, 0.05) is 25.2 Å². The van der Waals surface area contributed by atoms with Crippen LogP contribution in [0.25, 0.3) is 0 Å². The summed E-state index contributed by atoms with van der Waals surface area (Å²) in [4.78, 5) is 27.8. The summed E-state index contributed by atoms with van der Waals surface area (Å²) < 4.78 is 34.1. The van der Waals surface area contributed by atoms with Crippen LogP contribution < -0.4 is 5.32 Å². The first-order valence-corrected chi connectivity index (χ1v) is 14.1. The fourth-order valence-corrected chi connectivity index (χ4v) is 6.66. The van der Waals surface area contributed by atoms with Gasteiger partial charge in [-0.25, -0.2) is 13.2 Å². The predicted molar refractivity (Wildman–Crippen MR) is 135 cm³/mol. The number of nitrogens with one attached hydrogen (secondary N) is 1. The van der Waals surface area contributed by atoms with Crippen LogP contribution in [0.3, 0.4) is 0 Å². The molecule has 0 bridgehead atoms. The molecule has 1 heterocycles. The van der Waals surface area contributed by atoms with Gasteiger partial charge in [-0.2, -0.15) is 4.31 Å². The lowest BCUT2D eigenvalue weighted by molar-refractivity contribution is -0.135. The Hall–Kier alpha value is -2.13. The molecule has 2 amide bonds. The number of amides is 2. The summed E-state index contributed by atoms with van der Waals surface area (Å²) in [7, 11) is -3.61. The minimum absolute atomic E-state index is 0.0373. The monoisotopic (exact) mass is 507 g/mol. The molecular formula is C26H41N3O5S. The third-order valence-electron chi connectivity index (χ3n) is 6.30. The lowest BCUT2D eigenvalue weighted by Gasteiger charge is -2.39. The predicted octanol–water partition coefficient (Wildman–Crippen LogP) is 4.08. The van der Waals surface area contributed by atoms with Gasteiger partial charge in [0.25, 0.3) is 0 Å².